The van der Waals surface area contributed by atoms with E-state index in [0.717, 1.165) is 10.0 Å². The Kier molecular flexibility index (Phi) is 6.28. The van der Waals surface area contributed by atoms with E-state index in [1.54, 1.807) is 36.4 Å². The molecule has 6 nitrogen and oxygen atoms in total. The molecule has 0 atom stereocenters. The quantitative estimate of drug-likeness (QED) is 0.260. The molecule has 0 aromatic heterocycles. The van der Waals surface area contributed by atoms with Gasteiger partial charge in [0.1, 0.15) is 0 Å². The van der Waals surface area contributed by atoms with Crippen LogP contribution in [0, 0.1) is 0 Å². The van der Waals surface area contributed by atoms with Crippen molar-refractivity contribution in [2.24, 2.45) is 10.8 Å². The summed E-state index contributed by atoms with van der Waals surface area (Å²) >= 11 is 7.97. The SMILES string of the molecule is COc1cc(C=NNC(N)=S)ccc1OC(=O)c1cccc(Br)c1. The molecule has 0 heterocycles. The van der Waals surface area contributed by atoms with Gasteiger partial charge in [-0.05, 0) is 54.2 Å². The molecule has 0 amide bonds. The molecule has 0 aliphatic rings. The Morgan fingerprint density at radius 2 is 2.08 bits per heavy atom. The normalized spacial score (nSPS) is 10.4. The lowest BCUT2D eigenvalue weighted by molar-refractivity contribution is 0.0729. The van der Waals surface area contributed by atoms with E-state index >= 15 is 0 Å². The number of benzene rings is 2. The minimum Gasteiger partial charge on any atom is -0.493 e. The Labute approximate surface area is 152 Å². The number of esters is 1. The molecule has 3 N–H and O–H groups in total. The molecule has 0 unspecified atom stereocenters. The molecule has 2 aromatic carbocycles. The van der Waals surface area contributed by atoms with Crippen LogP contribution in [0.5, 0.6) is 11.5 Å². The second kappa shape index (κ2) is 8.42. The van der Waals surface area contributed by atoms with Crippen LogP contribution in [0.1, 0.15) is 15.9 Å². The van der Waals surface area contributed by atoms with Gasteiger partial charge in [0.25, 0.3) is 0 Å². The second-order valence-corrected chi connectivity index (χ2v) is 5.90. The molecule has 0 aliphatic carbocycles. The number of hydrogen-bond donors (Lipinski definition) is 2. The Bertz CT molecular complexity index is 796. The fourth-order valence-electron chi connectivity index (χ4n) is 1.79. The van der Waals surface area contributed by atoms with Crippen LogP contribution in [0.2, 0.25) is 0 Å². The van der Waals surface area contributed by atoms with E-state index in [9.17, 15) is 4.79 Å². The number of ether oxygens (including phenoxy) is 2. The summed E-state index contributed by atoms with van der Waals surface area (Å²) in [5, 5.41) is 3.92. The molecule has 2 rings (SSSR count). The van der Waals surface area contributed by atoms with Crippen LogP contribution >= 0.6 is 28.1 Å². The summed E-state index contributed by atoms with van der Waals surface area (Å²) in [6, 6.07) is 11.9. The molecule has 8 heteroatoms. The molecule has 0 saturated heterocycles. The first-order valence-corrected chi connectivity index (χ1v) is 7.94. The summed E-state index contributed by atoms with van der Waals surface area (Å²) in [5.74, 6) is 0.228. The highest BCUT2D eigenvalue weighted by atomic mass is 79.9. The first kappa shape index (κ1) is 17.9. The third-order valence-corrected chi connectivity index (χ3v) is 3.42. The van der Waals surface area contributed by atoms with Gasteiger partial charge in [-0.2, -0.15) is 5.10 Å². The number of halogens is 1. The molecule has 2 aromatic rings. The zero-order valence-corrected chi connectivity index (χ0v) is 15.1. The number of carbonyl (C=O) groups is 1. The van der Waals surface area contributed by atoms with Crippen LogP contribution in [0.25, 0.3) is 0 Å². The lowest BCUT2D eigenvalue weighted by atomic mass is 10.2. The van der Waals surface area contributed by atoms with E-state index in [1.807, 2.05) is 6.07 Å². The molecule has 0 spiro atoms. The summed E-state index contributed by atoms with van der Waals surface area (Å²) in [6.07, 6.45) is 1.52. The van der Waals surface area contributed by atoms with Crippen molar-refractivity contribution in [2.45, 2.75) is 0 Å². The van der Waals surface area contributed by atoms with E-state index in [1.165, 1.54) is 13.3 Å². The molecular weight excluding hydrogens is 394 g/mol. The van der Waals surface area contributed by atoms with Gasteiger partial charge in [0, 0.05) is 4.47 Å². The van der Waals surface area contributed by atoms with Crippen molar-refractivity contribution in [3.8, 4) is 11.5 Å². The maximum atomic E-state index is 12.2. The van der Waals surface area contributed by atoms with Gasteiger partial charge >= 0.3 is 5.97 Å². The number of methoxy groups -OCH3 is 1. The number of nitrogens with zero attached hydrogens (tertiary/aromatic N) is 1. The van der Waals surface area contributed by atoms with Crippen LogP contribution in [-0.4, -0.2) is 24.4 Å². The topological polar surface area (TPSA) is 85.9 Å². The van der Waals surface area contributed by atoms with Gasteiger partial charge in [-0.25, -0.2) is 4.79 Å². The molecule has 0 fully saturated rings. The smallest absolute Gasteiger partial charge is 0.343 e. The van der Waals surface area contributed by atoms with Crippen molar-refractivity contribution in [2.75, 3.05) is 7.11 Å². The molecule has 0 bridgehead atoms. The maximum Gasteiger partial charge on any atom is 0.343 e. The zero-order chi connectivity index (χ0) is 17.5. The predicted octanol–water partition coefficient (Wildman–Crippen LogP) is 2.84. The van der Waals surface area contributed by atoms with Crippen molar-refractivity contribution >= 4 is 45.4 Å². The Balaban J connectivity index is 2.17. The van der Waals surface area contributed by atoms with E-state index < -0.39 is 5.97 Å². The highest BCUT2D eigenvalue weighted by Gasteiger charge is 2.13. The third kappa shape index (κ3) is 5.04. The van der Waals surface area contributed by atoms with Crippen LogP contribution in [0.3, 0.4) is 0 Å². The highest BCUT2D eigenvalue weighted by molar-refractivity contribution is 9.10. The Hall–Kier alpha value is -2.45. The monoisotopic (exact) mass is 407 g/mol. The first-order chi connectivity index (χ1) is 11.5. The molecule has 124 valence electrons. The standard InChI is InChI=1S/C16H14BrN3O3S/c1-22-14-7-10(9-19-20-16(18)24)5-6-13(14)23-15(21)11-3-2-4-12(17)8-11/h2-9H,1H3,(H3,18,20,24). The first-order valence-electron chi connectivity index (χ1n) is 6.74. The van der Waals surface area contributed by atoms with Gasteiger partial charge in [0.15, 0.2) is 16.6 Å². The second-order valence-electron chi connectivity index (χ2n) is 4.54. The van der Waals surface area contributed by atoms with Crippen molar-refractivity contribution in [3.05, 3.63) is 58.1 Å². The third-order valence-electron chi connectivity index (χ3n) is 2.84. The van der Waals surface area contributed by atoms with Crippen LogP contribution < -0.4 is 20.6 Å². The van der Waals surface area contributed by atoms with Crippen molar-refractivity contribution in [3.63, 3.8) is 0 Å². The largest absolute Gasteiger partial charge is 0.493 e. The fourth-order valence-corrected chi connectivity index (χ4v) is 2.25. The van der Waals surface area contributed by atoms with Gasteiger partial charge in [0.05, 0.1) is 18.9 Å². The van der Waals surface area contributed by atoms with Crippen LogP contribution in [0.4, 0.5) is 0 Å². The van der Waals surface area contributed by atoms with E-state index in [2.05, 4.69) is 38.7 Å². The zero-order valence-electron chi connectivity index (χ0n) is 12.7. The minimum atomic E-state index is -0.480. The molecular formula is C16H14BrN3O3S. The summed E-state index contributed by atoms with van der Waals surface area (Å²) in [5.41, 5.74) is 8.88. The van der Waals surface area contributed by atoms with Crippen LogP contribution in [-0.2, 0) is 0 Å². The number of hydrazone groups is 1. The van der Waals surface area contributed by atoms with E-state index in [4.69, 9.17) is 15.2 Å². The number of carbonyl (C=O) groups excluding carboxylic acids is 1. The number of hydrogen-bond acceptors (Lipinski definition) is 5. The molecule has 24 heavy (non-hydrogen) atoms. The van der Waals surface area contributed by atoms with Gasteiger partial charge in [-0.1, -0.05) is 22.0 Å². The lowest BCUT2D eigenvalue weighted by Crippen LogP contribution is -2.23. The fraction of sp³-hybridized carbons (Fsp3) is 0.0625. The van der Waals surface area contributed by atoms with Crippen molar-refractivity contribution < 1.29 is 14.3 Å². The van der Waals surface area contributed by atoms with Gasteiger partial charge in [-0.3, -0.25) is 5.43 Å². The van der Waals surface area contributed by atoms with Gasteiger partial charge < -0.3 is 15.2 Å². The number of nitrogens with one attached hydrogen (secondary N) is 1. The summed E-state index contributed by atoms with van der Waals surface area (Å²) in [6.45, 7) is 0. The van der Waals surface area contributed by atoms with E-state index in [-0.39, 0.29) is 5.11 Å². The van der Waals surface area contributed by atoms with E-state index in [0.29, 0.717) is 17.1 Å². The average molecular weight is 408 g/mol. The summed E-state index contributed by atoms with van der Waals surface area (Å²) < 4.78 is 11.4. The molecule has 0 saturated carbocycles. The average Bonchev–Trinajstić information content (AvgIpc) is 2.55. The number of rotatable bonds is 5. The van der Waals surface area contributed by atoms with Gasteiger partial charge in [0.2, 0.25) is 0 Å². The minimum absolute atomic E-state index is 0.0674. The molecule has 0 aliphatic heterocycles. The number of nitrogens with two attached hydrogens (primary N) is 1. The number of thiocarbonyl (C=S) groups is 1. The lowest BCUT2D eigenvalue weighted by Gasteiger charge is -2.10. The van der Waals surface area contributed by atoms with Crippen molar-refractivity contribution in [1.82, 2.24) is 5.43 Å². The van der Waals surface area contributed by atoms with Crippen molar-refractivity contribution in [1.29, 1.82) is 0 Å². The Morgan fingerprint density at radius 1 is 1.29 bits per heavy atom. The summed E-state index contributed by atoms with van der Waals surface area (Å²) in [4.78, 5) is 12.2. The summed E-state index contributed by atoms with van der Waals surface area (Å²) in [7, 11) is 1.49. The molecule has 0 radical (unpaired) electrons. The van der Waals surface area contributed by atoms with Crippen LogP contribution in [0.15, 0.2) is 52.0 Å². The Morgan fingerprint density at radius 3 is 2.75 bits per heavy atom. The maximum absolute atomic E-state index is 12.2. The highest BCUT2D eigenvalue weighted by Crippen LogP contribution is 2.28. The predicted molar refractivity (Wildman–Crippen MR) is 99.6 cm³/mol. The van der Waals surface area contributed by atoms with Gasteiger partial charge in [-0.15, -0.1) is 0 Å².